The van der Waals surface area contributed by atoms with E-state index in [4.69, 9.17) is 20.9 Å². The Morgan fingerprint density at radius 3 is 2.77 bits per heavy atom. The van der Waals surface area contributed by atoms with Crippen molar-refractivity contribution in [3.63, 3.8) is 0 Å². The summed E-state index contributed by atoms with van der Waals surface area (Å²) in [7, 11) is 0. The number of alkyl carbamates (subject to hydrolysis) is 1. The Balaban J connectivity index is 1.86. The van der Waals surface area contributed by atoms with Crippen LogP contribution in [0, 0.1) is 0 Å². The Labute approximate surface area is 159 Å². The van der Waals surface area contributed by atoms with E-state index >= 15 is 0 Å². The van der Waals surface area contributed by atoms with Gasteiger partial charge >= 0.3 is 6.09 Å². The monoisotopic (exact) mass is 379 g/mol. The number of hydrogen-bond acceptors (Lipinski definition) is 5. The number of rotatable bonds is 7. The van der Waals surface area contributed by atoms with Crippen LogP contribution in [-0.2, 0) is 4.74 Å². The minimum atomic E-state index is -0.489. The van der Waals surface area contributed by atoms with Gasteiger partial charge in [0.05, 0.1) is 0 Å². The number of anilines is 1. The van der Waals surface area contributed by atoms with Crippen molar-refractivity contribution in [1.82, 2.24) is 10.5 Å². The lowest BCUT2D eigenvalue weighted by atomic mass is 10.2. The highest BCUT2D eigenvalue weighted by atomic mass is 35.5. The van der Waals surface area contributed by atoms with Crippen molar-refractivity contribution in [3.05, 3.63) is 35.4 Å². The molecule has 0 fully saturated rings. The van der Waals surface area contributed by atoms with Crippen LogP contribution < -0.4 is 10.2 Å². The summed E-state index contributed by atoms with van der Waals surface area (Å²) in [5.74, 6) is 1.44. The van der Waals surface area contributed by atoms with E-state index in [0.717, 1.165) is 30.9 Å². The zero-order chi connectivity index (χ0) is 19.2. The van der Waals surface area contributed by atoms with Gasteiger partial charge in [0.2, 0.25) is 0 Å². The molecule has 0 unspecified atom stereocenters. The maximum Gasteiger partial charge on any atom is 0.407 e. The van der Waals surface area contributed by atoms with Gasteiger partial charge in [0, 0.05) is 36.3 Å². The topological polar surface area (TPSA) is 67.6 Å². The Morgan fingerprint density at radius 1 is 1.35 bits per heavy atom. The van der Waals surface area contributed by atoms with Gasteiger partial charge in [-0.2, -0.15) is 0 Å². The molecule has 1 aromatic heterocycles. The fourth-order valence-electron chi connectivity index (χ4n) is 2.40. The van der Waals surface area contributed by atoms with Crippen LogP contribution in [0.2, 0.25) is 5.02 Å². The van der Waals surface area contributed by atoms with Crippen LogP contribution in [-0.4, -0.2) is 36.5 Å². The second kappa shape index (κ2) is 8.94. The number of nitrogens with one attached hydrogen (secondary N) is 1. The second-order valence-electron chi connectivity index (χ2n) is 6.92. The number of ether oxygens (including phenoxy) is 1. The molecule has 26 heavy (non-hydrogen) atoms. The predicted octanol–water partition coefficient (Wildman–Crippen LogP) is 4.74. The summed E-state index contributed by atoms with van der Waals surface area (Å²) in [6, 6.07) is 9.36. The molecule has 2 aromatic rings. The molecule has 0 radical (unpaired) electrons. The molecule has 2 rings (SSSR count). The molecule has 0 saturated carbocycles. The second-order valence-corrected chi connectivity index (χ2v) is 7.36. The van der Waals surface area contributed by atoms with Gasteiger partial charge in [0.1, 0.15) is 5.60 Å². The largest absolute Gasteiger partial charge is 0.444 e. The van der Waals surface area contributed by atoms with Crippen molar-refractivity contribution in [1.29, 1.82) is 0 Å². The Kier molecular flexibility index (Phi) is 6.91. The fraction of sp³-hybridized carbons (Fsp3) is 0.474. The summed E-state index contributed by atoms with van der Waals surface area (Å²) < 4.78 is 10.7. The van der Waals surface area contributed by atoms with Gasteiger partial charge in [-0.05, 0) is 46.2 Å². The summed E-state index contributed by atoms with van der Waals surface area (Å²) in [5.41, 5.74) is 0.399. The molecule has 1 amide bonds. The van der Waals surface area contributed by atoms with Crippen LogP contribution in [0.1, 0.15) is 34.1 Å². The van der Waals surface area contributed by atoms with E-state index in [0.29, 0.717) is 17.3 Å². The lowest BCUT2D eigenvalue weighted by molar-refractivity contribution is 0.0527. The maximum atomic E-state index is 11.6. The molecule has 0 aliphatic heterocycles. The van der Waals surface area contributed by atoms with Crippen molar-refractivity contribution in [2.24, 2.45) is 0 Å². The van der Waals surface area contributed by atoms with E-state index in [-0.39, 0.29) is 0 Å². The number of hydrogen-bond donors (Lipinski definition) is 1. The first kappa shape index (κ1) is 20.1. The lowest BCUT2D eigenvalue weighted by Crippen LogP contribution is -2.34. The smallest absolute Gasteiger partial charge is 0.407 e. The van der Waals surface area contributed by atoms with Crippen molar-refractivity contribution in [2.75, 3.05) is 24.5 Å². The van der Waals surface area contributed by atoms with Crippen molar-refractivity contribution < 1.29 is 14.1 Å². The van der Waals surface area contributed by atoms with E-state index in [9.17, 15) is 4.79 Å². The quantitative estimate of drug-likeness (QED) is 0.704. The third kappa shape index (κ3) is 6.26. The molecular weight excluding hydrogens is 354 g/mol. The lowest BCUT2D eigenvalue weighted by Gasteiger charge is -2.21. The van der Waals surface area contributed by atoms with Crippen LogP contribution in [0.5, 0.6) is 0 Å². The van der Waals surface area contributed by atoms with Crippen LogP contribution >= 0.6 is 11.6 Å². The first-order valence-electron chi connectivity index (χ1n) is 8.73. The predicted molar refractivity (Wildman–Crippen MR) is 104 cm³/mol. The third-order valence-electron chi connectivity index (χ3n) is 3.59. The molecule has 0 spiro atoms. The first-order chi connectivity index (χ1) is 12.3. The molecule has 1 N–H and O–H groups in total. The zero-order valence-electron chi connectivity index (χ0n) is 15.7. The summed E-state index contributed by atoms with van der Waals surface area (Å²) >= 11 is 6.02. The van der Waals surface area contributed by atoms with E-state index in [1.54, 1.807) is 0 Å². The van der Waals surface area contributed by atoms with Gasteiger partial charge in [-0.1, -0.05) is 28.9 Å². The Hall–Kier alpha value is -2.21. The number of amides is 1. The van der Waals surface area contributed by atoms with Gasteiger partial charge in [-0.15, -0.1) is 0 Å². The number of benzene rings is 1. The van der Waals surface area contributed by atoms with Gasteiger partial charge in [-0.3, -0.25) is 0 Å². The molecule has 6 nitrogen and oxygen atoms in total. The normalized spacial score (nSPS) is 11.3. The summed E-state index contributed by atoms with van der Waals surface area (Å²) in [6.07, 6.45) is 0.372. The first-order valence-corrected chi connectivity index (χ1v) is 9.11. The number of carbonyl (C=O) groups excluding carboxylic acids is 1. The van der Waals surface area contributed by atoms with E-state index in [1.165, 1.54) is 0 Å². The van der Waals surface area contributed by atoms with Crippen LogP contribution in [0.3, 0.4) is 0 Å². The number of aromatic nitrogens is 1. The third-order valence-corrected chi connectivity index (χ3v) is 3.82. The zero-order valence-corrected chi connectivity index (χ0v) is 16.5. The molecule has 0 aliphatic carbocycles. The molecular formula is C19H26ClN3O3. The van der Waals surface area contributed by atoms with Crippen molar-refractivity contribution in [2.45, 2.75) is 39.7 Å². The molecule has 1 aromatic carbocycles. The van der Waals surface area contributed by atoms with Crippen LogP contribution in [0.25, 0.3) is 11.3 Å². The van der Waals surface area contributed by atoms with Crippen LogP contribution in [0.4, 0.5) is 10.6 Å². The number of nitrogens with zero attached hydrogens (tertiary/aromatic N) is 2. The highest BCUT2D eigenvalue weighted by molar-refractivity contribution is 6.30. The van der Waals surface area contributed by atoms with E-state index < -0.39 is 11.7 Å². The molecule has 142 valence electrons. The fourth-order valence-corrected chi connectivity index (χ4v) is 2.59. The molecule has 0 bridgehead atoms. The molecule has 7 heteroatoms. The summed E-state index contributed by atoms with van der Waals surface area (Å²) in [6.45, 7) is 9.63. The van der Waals surface area contributed by atoms with Crippen molar-refractivity contribution >= 4 is 23.5 Å². The number of halogens is 1. The van der Waals surface area contributed by atoms with Gasteiger partial charge < -0.3 is 19.5 Å². The Bertz CT molecular complexity index is 725. The van der Waals surface area contributed by atoms with Gasteiger partial charge in [-0.25, -0.2) is 4.79 Å². The average molecular weight is 380 g/mol. The highest BCUT2D eigenvalue weighted by Crippen LogP contribution is 2.26. The highest BCUT2D eigenvalue weighted by Gasteiger charge is 2.16. The Morgan fingerprint density at radius 2 is 2.12 bits per heavy atom. The van der Waals surface area contributed by atoms with E-state index in [1.807, 2.05) is 51.1 Å². The van der Waals surface area contributed by atoms with Crippen molar-refractivity contribution in [3.8, 4) is 11.3 Å². The number of carbonyl (C=O) groups is 1. The maximum absolute atomic E-state index is 11.6. The molecule has 0 atom stereocenters. The molecule has 1 heterocycles. The van der Waals surface area contributed by atoms with Gasteiger partial charge in [0.25, 0.3) is 0 Å². The summed E-state index contributed by atoms with van der Waals surface area (Å²) in [5, 5.41) is 7.57. The minimum Gasteiger partial charge on any atom is -0.444 e. The summed E-state index contributed by atoms with van der Waals surface area (Å²) in [4.78, 5) is 13.7. The average Bonchev–Trinajstić information content (AvgIpc) is 3.03. The molecule has 0 saturated heterocycles. The van der Waals surface area contributed by atoms with Gasteiger partial charge in [0.15, 0.2) is 11.6 Å². The SMILES string of the molecule is CCN(CCCNC(=O)OC(C)(C)C)c1cc(-c2cccc(Cl)c2)on1. The minimum absolute atomic E-state index is 0.398. The molecule has 0 aliphatic rings. The van der Waals surface area contributed by atoms with Crippen LogP contribution in [0.15, 0.2) is 34.9 Å². The van der Waals surface area contributed by atoms with E-state index in [2.05, 4.69) is 22.3 Å². The standard InChI is InChI=1S/C19H26ClN3O3/c1-5-23(11-7-10-21-18(24)25-19(2,3)4)17-13-16(26-22-17)14-8-6-9-15(20)12-14/h6,8-9,12-13H,5,7,10-11H2,1-4H3,(H,21,24).